The zero-order chi connectivity index (χ0) is 13.8. The Balaban J connectivity index is 2.14. The van der Waals surface area contributed by atoms with Crippen LogP contribution in [0.1, 0.15) is 15.9 Å². The number of hydrogen-bond donors (Lipinski definition) is 0. The van der Waals surface area contributed by atoms with Crippen LogP contribution in [0.15, 0.2) is 30.9 Å². The molecule has 0 N–H and O–H groups in total. The van der Waals surface area contributed by atoms with Gasteiger partial charge in [0.05, 0.1) is 6.61 Å². The van der Waals surface area contributed by atoms with Gasteiger partial charge in [-0.3, -0.25) is 0 Å². The van der Waals surface area contributed by atoms with Crippen LogP contribution in [0.3, 0.4) is 0 Å². The molecular weight excluding hydrogens is 248 g/mol. The molecule has 5 nitrogen and oxygen atoms in total. The number of carbonyl (C=O) groups is 2. The van der Waals surface area contributed by atoms with Crippen molar-refractivity contribution in [3.8, 4) is 5.75 Å². The Morgan fingerprint density at radius 3 is 2.89 bits per heavy atom. The van der Waals surface area contributed by atoms with E-state index in [9.17, 15) is 9.59 Å². The van der Waals surface area contributed by atoms with Crippen LogP contribution in [0.2, 0.25) is 0 Å². The number of aryl methyl sites for hydroxylation is 1. The number of epoxide rings is 1. The Bertz CT molecular complexity index is 517. The Hall–Kier alpha value is -2.14. The van der Waals surface area contributed by atoms with Crippen LogP contribution in [0.25, 0.3) is 0 Å². The second-order valence-corrected chi connectivity index (χ2v) is 4.18. The van der Waals surface area contributed by atoms with Crippen molar-refractivity contribution in [1.29, 1.82) is 0 Å². The first-order chi connectivity index (χ1) is 9.10. The first kappa shape index (κ1) is 13.3. The SMILES string of the molecule is C=CC(=O)Oc1cc(C)ccc1C(=O)OCC1CO1. The lowest BCUT2D eigenvalue weighted by atomic mass is 10.1. The van der Waals surface area contributed by atoms with Gasteiger partial charge in [0.25, 0.3) is 0 Å². The number of ether oxygens (including phenoxy) is 3. The maximum Gasteiger partial charge on any atom is 0.342 e. The Morgan fingerprint density at radius 2 is 2.26 bits per heavy atom. The number of carbonyl (C=O) groups excluding carboxylic acids is 2. The predicted octanol–water partition coefficient (Wildman–Crippen LogP) is 1.64. The quantitative estimate of drug-likeness (QED) is 0.349. The smallest absolute Gasteiger partial charge is 0.342 e. The first-order valence-corrected chi connectivity index (χ1v) is 5.84. The second-order valence-electron chi connectivity index (χ2n) is 4.18. The molecule has 0 bridgehead atoms. The summed E-state index contributed by atoms with van der Waals surface area (Å²) in [6.45, 7) is 5.97. The molecule has 2 rings (SSSR count). The van der Waals surface area contributed by atoms with Gasteiger partial charge >= 0.3 is 11.9 Å². The fourth-order valence-electron chi connectivity index (χ4n) is 1.44. The van der Waals surface area contributed by atoms with Crippen LogP contribution >= 0.6 is 0 Å². The van der Waals surface area contributed by atoms with Crippen LogP contribution in [0, 0.1) is 6.92 Å². The van der Waals surface area contributed by atoms with Gasteiger partial charge in [0, 0.05) is 6.08 Å². The summed E-state index contributed by atoms with van der Waals surface area (Å²) in [5.74, 6) is -0.987. The molecule has 1 aliphatic rings. The van der Waals surface area contributed by atoms with E-state index in [1.165, 1.54) is 0 Å². The zero-order valence-electron chi connectivity index (χ0n) is 10.5. The van der Waals surface area contributed by atoms with E-state index in [-0.39, 0.29) is 24.0 Å². The van der Waals surface area contributed by atoms with Gasteiger partial charge in [-0.1, -0.05) is 12.6 Å². The normalized spacial score (nSPS) is 16.6. The lowest BCUT2D eigenvalue weighted by Gasteiger charge is -2.09. The highest BCUT2D eigenvalue weighted by Crippen LogP contribution is 2.22. The average molecular weight is 262 g/mol. The van der Waals surface area contributed by atoms with Crippen molar-refractivity contribution in [1.82, 2.24) is 0 Å². The highest BCUT2D eigenvalue weighted by molar-refractivity contribution is 5.94. The van der Waals surface area contributed by atoms with Crippen LogP contribution in [-0.2, 0) is 14.3 Å². The average Bonchev–Trinajstić information content (AvgIpc) is 3.20. The summed E-state index contributed by atoms with van der Waals surface area (Å²) in [6, 6.07) is 4.91. The van der Waals surface area contributed by atoms with E-state index in [4.69, 9.17) is 14.2 Å². The highest BCUT2D eigenvalue weighted by Gasteiger charge is 2.25. The van der Waals surface area contributed by atoms with Crippen LogP contribution < -0.4 is 4.74 Å². The van der Waals surface area contributed by atoms with Crippen molar-refractivity contribution in [2.45, 2.75) is 13.0 Å². The molecule has 1 unspecified atom stereocenters. The van der Waals surface area contributed by atoms with Crippen LogP contribution in [-0.4, -0.2) is 31.3 Å². The minimum atomic E-state index is -0.620. The summed E-state index contributed by atoms with van der Waals surface area (Å²) in [5, 5.41) is 0. The standard InChI is InChI=1S/C14H14O5/c1-3-13(15)19-12-6-9(2)4-5-11(12)14(16)18-8-10-7-17-10/h3-6,10H,1,7-8H2,2H3. The molecule has 0 aliphatic carbocycles. The molecule has 1 aromatic rings. The third-order valence-corrected chi connectivity index (χ3v) is 2.54. The summed E-state index contributed by atoms with van der Waals surface area (Å²) < 4.78 is 15.0. The Labute approximate surface area is 110 Å². The van der Waals surface area contributed by atoms with Crippen molar-refractivity contribution in [2.24, 2.45) is 0 Å². The minimum absolute atomic E-state index is 0.00595. The van der Waals surface area contributed by atoms with Gasteiger partial charge in [-0.25, -0.2) is 9.59 Å². The maximum absolute atomic E-state index is 11.9. The van der Waals surface area contributed by atoms with E-state index in [1.807, 2.05) is 6.92 Å². The lowest BCUT2D eigenvalue weighted by molar-refractivity contribution is -0.128. The van der Waals surface area contributed by atoms with Crippen molar-refractivity contribution >= 4 is 11.9 Å². The van der Waals surface area contributed by atoms with Crippen molar-refractivity contribution in [3.05, 3.63) is 42.0 Å². The van der Waals surface area contributed by atoms with Gasteiger partial charge in [-0.05, 0) is 24.6 Å². The molecule has 0 saturated carbocycles. The summed E-state index contributed by atoms with van der Waals surface area (Å²) in [5.41, 5.74) is 1.08. The molecule has 1 fully saturated rings. The zero-order valence-corrected chi connectivity index (χ0v) is 10.5. The third kappa shape index (κ3) is 3.66. The molecule has 0 aromatic heterocycles. The molecule has 19 heavy (non-hydrogen) atoms. The van der Waals surface area contributed by atoms with E-state index in [0.717, 1.165) is 11.6 Å². The minimum Gasteiger partial charge on any atom is -0.459 e. The van der Waals surface area contributed by atoms with Gasteiger partial charge < -0.3 is 14.2 Å². The maximum atomic E-state index is 11.9. The Kier molecular flexibility index (Phi) is 3.97. The van der Waals surface area contributed by atoms with E-state index < -0.39 is 11.9 Å². The van der Waals surface area contributed by atoms with Crippen LogP contribution in [0.4, 0.5) is 0 Å². The lowest BCUT2D eigenvalue weighted by Crippen LogP contribution is -2.13. The number of benzene rings is 1. The van der Waals surface area contributed by atoms with Crippen molar-refractivity contribution in [3.63, 3.8) is 0 Å². The molecule has 1 aliphatic heterocycles. The molecule has 100 valence electrons. The number of rotatable bonds is 5. The molecule has 1 aromatic carbocycles. The first-order valence-electron chi connectivity index (χ1n) is 5.84. The molecule has 0 amide bonds. The molecule has 0 spiro atoms. The number of hydrogen-bond acceptors (Lipinski definition) is 5. The van der Waals surface area contributed by atoms with Gasteiger partial charge in [0.2, 0.25) is 0 Å². The van der Waals surface area contributed by atoms with Gasteiger partial charge in [-0.2, -0.15) is 0 Å². The highest BCUT2D eigenvalue weighted by atomic mass is 16.6. The van der Waals surface area contributed by atoms with E-state index in [1.54, 1.807) is 18.2 Å². The van der Waals surface area contributed by atoms with Crippen LogP contribution in [0.5, 0.6) is 5.75 Å². The molecule has 1 heterocycles. The molecule has 5 heteroatoms. The summed E-state index contributed by atoms with van der Waals surface area (Å²) in [4.78, 5) is 23.1. The van der Waals surface area contributed by atoms with E-state index in [0.29, 0.717) is 6.61 Å². The second kappa shape index (κ2) is 5.67. The predicted molar refractivity (Wildman–Crippen MR) is 67.0 cm³/mol. The van der Waals surface area contributed by atoms with Gasteiger partial charge in [0.15, 0.2) is 0 Å². The summed E-state index contributed by atoms with van der Waals surface area (Å²) in [7, 11) is 0. The summed E-state index contributed by atoms with van der Waals surface area (Å²) >= 11 is 0. The fourth-order valence-corrected chi connectivity index (χ4v) is 1.44. The van der Waals surface area contributed by atoms with Crippen molar-refractivity contribution in [2.75, 3.05) is 13.2 Å². The largest absolute Gasteiger partial charge is 0.459 e. The number of esters is 2. The van der Waals surface area contributed by atoms with Crippen molar-refractivity contribution < 1.29 is 23.8 Å². The molecule has 1 atom stereocenters. The molecule has 1 saturated heterocycles. The van der Waals surface area contributed by atoms with E-state index in [2.05, 4.69) is 6.58 Å². The van der Waals surface area contributed by atoms with Gasteiger partial charge in [-0.15, -0.1) is 0 Å². The monoisotopic (exact) mass is 262 g/mol. The fraction of sp³-hybridized carbons (Fsp3) is 0.286. The summed E-state index contributed by atoms with van der Waals surface area (Å²) in [6.07, 6.45) is 1.03. The Morgan fingerprint density at radius 1 is 1.53 bits per heavy atom. The van der Waals surface area contributed by atoms with Gasteiger partial charge in [0.1, 0.15) is 24.0 Å². The topological polar surface area (TPSA) is 65.1 Å². The molecular formula is C14H14O5. The molecule has 0 radical (unpaired) electrons. The van der Waals surface area contributed by atoms with E-state index >= 15 is 0 Å². The third-order valence-electron chi connectivity index (χ3n) is 2.54.